The van der Waals surface area contributed by atoms with Gasteiger partial charge in [-0.15, -0.1) is 0 Å². The second-order valence-corrected chi connectivity index (χ2v) is 6.52. The van der Waals surface area contributed by atoms with Gasteiger partial charge in [-0.3, -0.25) is 0 Å². The topological polar surface area (TPSA) is 63.2 Å². The van der Waals surface area contributed by atoms with Crippen molar-refractivity contribution in [2.24, 2.45) is 0 Å². The number of hydrogen-bond donors (Lipinski definition) is 1. The molecule has 0 unspecified atom stereocenters. The number of aromatic nitrogens is 3. The fourth-order valence-electron chi connectivity index (χ4n) is 3.39. The third-order valence-corrected chi connectivity index (χ3v) is 4.83. The maximum absolute atomic E-state index is 5.14. The molecule has 134 valence electrons. The van der Waals surface area contributed by atoms with Crippen LogP contribution >= 0.6 is 0 Å². The molecule has 1 saturated heterocycles. The van der Waals surface area contributed by atoms with Gasteiger partial charge in [0.1, 0.15) is 12.1 Å². The lowest BCUT2D eigenvalue weighted by molar-refractivity contribution is 0.352. The summed E-state index contributed by atoms with van der Waals surface area (Å²) in [5.41, 5.74) is 3.07. The van der Waals surface area contributed by atoms with E-state index in [9.17, 15) is 0 Å². The highest BCUT2D eigenvalue weighted by atomic mass is 16.5. The molecule has 0 saturated carbocycles. The maximum atomic E-state index is 5.14. The number of rotatable bonds is 6. The van der Waals surface area contributed by atoms with E-state index in [0.717, 1.165) is 40.9 Å². The number of nitrogens with one attached hydrogen (secondary N) is 1. The van der Waals surface area contributed by atoms with Crippen LogP contribution in [0.2, 0.25) is 0 Å². The van der Waals surface area contributed by atoms with E-state index in [2.05, 4.69) is 37.3 Å². The van der Waals surface area contributed by atoms with Gasteiger partial charge in [-0.2, -0.15) is 0 Å². The highest BCUT2D eigenvalue weighted by Gasteiger charge is 2.11. The van der Waals surface area contributed by atoms with Gasteiger partial charge >= 0.3 is 0 Å². The molecular formula is C20H23N5O. The summed E-state index contributed by atoms with van der Waals surface area (Å²) < 4.78 is 5.14. The van der Waals surface area contributed by atoms with Crippen molar-refractivity contribution >= 4 is 16.7 Å². The van der Waals surface area contributed by atoms with E-state index in [-0.39, 0.29) is 0 Å². The average molecular weight is 349 g/mol. The van der Waals surface area contributed by atoms with Crippen LogP contribution in [-0.2, 0) is 0 Å². The molecule has 1 aliphatic heterocycles. The number of hydrogen-bond acceptors (Lipinski definition) is 6. The van der Waals surface area contributed by atoms with Crippen LogP contribution in [0.4, 0.5) is 5.82 Å². The molecule has 0 spiro atoms. The zero-order valence-corrected chi connectivity index (χ0v) is 15.0. The first kappa shape index (κ1) is 16.7. The van der Waals surface area contributed by atoms with Crippen LogP contribution in [0.15, 0.2) is 42.9 Å². The fourth-order valence-corrected chi connectivity index (χ4v) is 3.39. The molecule has 0 bridgehead atoms. The van der Waals surface area contributed by atoms with Crippen LogP contribution in [0.25, 0.3) is 22.0 Å². The monoisotopic (exact) mass is 349 g/mol. The second-order valence-electron chi connectivity index (χ2n) is 6.52. The Kier molecular flexibility index (Phi) is 4.93. The van der Waals surface area contributed by atoms with Crippen LogP contribution < -0.4 is 10.1 Å². The van der Waals surface area contributed by atoms with Gasteiger partial charge in [0, 0.05) is 36.3 Å². The van der Waals surface area contributed by atoms with E-state index in [4.69, 9.17) is 4.74 Å². The minimum atomic E-state index is 0.613. The lowest BCUT2D eigenvalue weighted by Crippen LogP contribution is -2.26. The van der Waals surface area contributed by atoms with Gasteiger partial charge in [0.25, 0.3) is 0 Å². The molecule has 0 radical (unpaired) electrons. The van der Waals surface area contributed by atoms with Gasteiger partial charge in [0.2, 0.25) is 5.88 Å². The summed E-state index contributed by atoms with van der Waals surface area (Å²) in [6, 6.07) is 10.1. The summed E-state index contributed by atoms with van der Waals surface area (Å²) in [7, 11) is 1.62. The van der Waals surface area contributed by atoms with Crippen LogP contribution in [0.3, 0.4) is 0 Å². The van der Waals surface area contributed by atoms with Crippen LogP contribution in [0.5, 0.6) is 5.88 Å². The minimum absolute atomic E-state index is 0.613. The molecule has 1 aromatic carbocycles. The van der Waals surface area contributed by atoms with Crippen molar-refractivity contribution in [1.29, 1.82) is 0 Å². The van der Waals surface area contributed by atoms with Crippen LogP contribution in [0.1, 0.15) is 12.8 Å². The first-order valence-corrected chi connectivity index (χ1v) is 9.05. The van der Waals surface area contributed by atoms with Gasteiger partial charge in [0.15, 0.2) is 0 Å². The summed E-state index contributed by atoms with van der Waals surface area (Å²) in [6.45, 7) is 4.36. The molecule has 2 aromatic heterocycles. The van der Waals surface area contributed by atoms with Crippen LogP contribution in [0, 0.1) is 0 Å². The molecule has 0 amide bonds. The Bertz CT molecular complexity index is 875. The Balaban J connectivity index is 1.56. The Hall–Kier alpha value is -2.73. The Morgan fingerprint density at radius 2 is 1.88 bits per heavy atom. The van der Waals surface area contributed by atoms with E-state index in [1.54, 1.807) is 13.4 Å². The van der Waals surface area contributed by atoms with Crippen molar-refractivity contribution in [1.82, 2.24) is 19.9 Å². The zero-order valence-electron chi connectivity index (χ0n) is 15.0. The smallest absolute Gasteiger partial charge is 0.212 e. The number of nitrogens with zero attached hydrogens (tertiary/aromatic N) is 4. The van der Waals surface area contributed by atoms with Crippen molar-refractivity contribution in [3.8, 4) is 17.0 Å². The number of ether oxygens (including phenoxy) is 1. The lowest BCUT2D eigenvalue weighted by Gasteiger charge is -2.15. The standard InChI is InChI=1S/C20H23N5O/c1-26-19-7-5-16(13-22-19)15-4-6-18-17(12-15)20(24-14-23-18)21-8-11-25-9-2-3-10-25/h4-7,12-14H,2-3,8-11H2,1H3,(H,21,23,24). The van der Waals surface area contributed by atoms with Crippen molar-refractivity contribution in [3.63, 3.8) is 0 Å². The van der Waals surface area contributed by atoms with Crippen molar-refractivity contribution < 1.29 is 4.74 Å². The first-order chi connectivity index (χ1) is 12.8. The molecule has 1 N–H and O–H groups in total. The van der Waals surface area contributed by atoms with Gasteiger partial charge in [-0.25, -0.2) is 15.0 Å². The molecule has 3 heterocycles. The van der Waals surface area contributed by atoms with E-state index in [1.165, 1.54) is 25.9 Å². The molecule has 6 nitrogen and oxygen atoms in total. The first-order valence-electron chi connectivity index (χ1n) is 9.05. The van der Waals surface area contributed by atoms with Gasteiger partial charge in [-0.05, 0) is 49.7 Å². The number of pyridine rings is 1. The SMILES string of the molecule is COc1ccc(-c2ccc3ncnc(NCCN4CCCC4)c3c2)cn1. The highest BCUT2D eigenvalue weighted by Crippen LogP contribution is 2.27. The van der Waals surface area contributed by atoms with Crippen molar-refractivity contribution in [3.05, 3.63) is 42.9 Å². The van der Waals surface area contributed by atoms with E-state index in [0.29, 0.717) is 5.88 Å². The summed E-state index contributed by atoms with van der Waals surface area (Å²) in [4.78, 5) is 15.6. The molecular weight excluding hydrogens is 326 g/mol. The number of likely N-dealkylation sites (tertiary alicyclic amines) is 1. The summed E-state index contributed by atoms with van der Waals surface area (Å²) >= 11 is 0. The van der Waals surface area contributed by atoms with E-state index < -0.39 is 0 Å². The molecule has 26 heavy (non-hydrogen) atoms. The summed E-state index contributed by atoms with van der Waals surface area (Å²) in [5.74, 6) is 1.50. The fraction of sp³-hybridized carbons (Fsp3) is 0.350. The Morgan fingerprint density at radius 3 is 2.65 bits per heavy atom. The third-order valence-electron chi connectivity index (χ3n) is 4.83. The molecule has 3 aromatic rings. The minimum Gasteiger partial charge on any atom is -0.481 e. The number of benzene rings is 1. The van der Waals surface area contributed by atoms with Gasteiger partial charge < -0.3 is 15.0 Å². The van der Waals surface area contributed by atoms with Crippen molar-refractivity contribution in [2.45, 2.75) is 12.8 Å². The number of anilines is 1. The van der Waals surface area contributed by atoms with Gasteiger partial charge in [0.05, 0.1) is 12.6 Å². The summed E-state index contributed by atoms with van der Waals surface area (Å²) in [6.07, 6.45) is 6.07. The average Bonchev–Trinajstić information content (AvgIpc) is 3.21. The molecule has 0 aliphatic carbocycles. The molecule has 4 rings (SSSR count). The largest absolute Gasteiger partial charge is 0.481 e. The second kappa shape index (κ2) is 7.66. The predicted molar refractivity (Wildman–Crippen MR) is 103 cm³/mol. The third kappa shape index (κ3) is 3.60. The maximum Gasteiger partial charge on any atom is 0.212 e. The van der Waals surface area contributed by atoms with Gasteiger partial charge in [-0.1, -0.05) is 6.07 Å². The molecule has 1 fully saturated rings. The Morgan fingerprint density at radius 1 is 1.04 bits per heavy atom. The van der Waals surface area contributed by atoms with E-state index in [1.807, 2.05) is 24.4 Å². The lowest BCUT2D eigenvalue weighted by atomic mass is 10.1. The molecule has 0 atom stereocenters. The van der Waals surface area contributed by atoms with E-state index >= 15 is 0 Å². The predicted octanol–water partition coefficient (Wildman–Crippen LogP) is 3.21. The highest BCUT2D eigenvalue weighted by molar-refractivity contribution is 5.92. The normalized spacial score (nSPS) is 14.7. The van der Waals surface area contributed by atoms with Crippen molar-refractivity contribution in [2.75, 3.05) is 38.6 Å². The Labute approximate surface area is 153 Å². The number of methoxy groups -OCH3 is 1. The molecule has 1 aliphatic rings. The zero-order chi connectivity index (χ0) is 17.8. The van der Waals surface area contributed by atoms with Crippen LogP contribution in [-0.4, -0.2) is 53.1 Å². The summed E-state index contributed by atoms with van der Waals surface area (Å²) in [5, 5.41) is 4.51. The quantitative estimate of drug-likeness (QED) is 0.737. The molecule has 6 heteroatoms. The number of fused-ring (bicyclic) bond motifs is 1.